The molecule has 1 aliphatic heterocycles. The molecule has 1 unspecified atom stereocenters. The van der Waals surface area contributed by atoms with E-state index < -0.39 is 6.10 Å². The van der Waals surface area contributed by atoms with Gasteiger partial charge < -0.3 is 21.1 Å². The maximum absolute atomic E-state index is 11.5. The Morgan fingerprint density at radius 3 is 2.87 bits per heavy atom. The fraction of sp³-hybridized carbons (Fsp3) is 0.778. The average Bonchev–Trinajstić information content (AvgIpc) is 2.25. The first kappa shape index (κ1) is 11.9. The van der Waals surface area contributed by atoms with Crippen molar-refractivity contribution in [3.63, 3.8) is 0 Å². The molecule has 0 aromatic heterocycles. The molecule has 2 amide bonds. The molecule has 4 N–H and O–H groups in total. The van der Waals surface area contributed by atoms with Crippen LogP contribution >= 0.6 is 0 Å². The molecule has 0 spiro atoms. The minimum Gasteiger partial charge on any atom is -0.391 e. The van der Waals surface area contributed by atoms with Crippen LogP contribution in [-0.2, 0) is 9.59 Å². The van der Waals surface area contributed by atoms with Crippen LogP contribution in [0.5, 0.6) is 0 Å². The quantitative estimate of drug-likeness (QED) is 0.509. The number of carbonyl (C=O) groups is 2. The lowest BCUT2D eigenvalue weighted by Gasteiger charge is -2.30. The van der Waals surface area contributed by atoms with Crippen LogP contribution < -0.4 is 11.1 Å². The van der Waals surface area contributed by atoms with E-state index in [9.17, 15) is 14.7 Å². The Labute approximate surface area is 88.4 Å². The van der Waals surface area contributed by atoms with Gasteiger partial charge >= 0.3 is 0 Å². The van der Waals surface area contributed by atoms with Gasteiger partial charge in [0.05, 0.1) is 19.2 Å². The van der Waals surface area contributed by atoms with E-state index in [1.807, 2.05) is 0 Å². The number of hydrogen-bond acceptors (Lipinski definition) is 4. The number of aliphatic hydroxyl groups excluding tert-OH is 1. The van der Waals surface area contributed by atoms with E-state index in [2.05, 4.69) is 5.32 Å². The molecular weight excluding hydrogens is 198 g/mol. The van der Waals surface area contributed by atoms with Crippen LogP contribution in [0, 0.1) is 0 Å². The summed E-state index contributed by atoms with van der Waals surface area (Å²) in [5.74, 6) is -0.517. The van der Waals surface area contributed by atoms with Gasteiger partial charge in [0.1, 0.15) is 0 Å². The van der Waals surface area contributed by atoms with Gasteiger partial charge in [0, 0.05) is 13.1 Å². The van der Waals surface area contributed by atoms with Gasteiger partial charge in [0.25, 0.3) is 0 Å². The van der Waals surface area contributed by atoms with Crippen LogP contribution in [0.2, 0.25) is 0 Å². The Morgan fingerprint density at radius 1 is 1.53 bits per heavy atom. The van der Waals surface area contributed by atoms with Crippen molar-refractivity contribution in [1.82, 2.24) is 10.2 Å². The van der Waals surface area contributed by atoms with Crippen LogP contribution in [-0.4, -0.2) is 54.1 Å². The second-order valence-electron chi connectivity index (χ2n) is 3.62. The fourth-order valence-corrected chi connectivity index (χ4v) is 1.54. The molecule has 1 fully saturated rings. The maximum Gasteiger partial charge on any atom is 0.242 e. The maximum atomic E-state index is 11.5. The minimum absolute atomic E-state index is 0.0389. The molecule has 0 aliphatic carbocycles. The highest BCUT2D eigenvalue weighted by atomic mass is 16.3. The van der Waals surface area contributed by atoms with Crippen LogP contribution in [0.15, 0.2) is 0 Å². The number of β-amino-alcohol motifs (C(OH)–C–C–N with tert-alkyl or cyclic N) is 1. The fourth-order valence-electron chi connectivity index (χ4n) is 1.54. The van der Waals surface area contributed by atoms with Crippen LogP contribution in [0.3, 0.4) is 0 Å². The molecule has 6 heteroatoms. The predicted molar refractivity (Wildman–Crippen MR) is 53.9 cm³/mol. The Kier molecular flexibility index (Phi) is 4.51. The number of nitrogens with one attached hydrogen (secondary N) is 1. The van der Waals surface area contributed by atoms with Crippen molar-refractivity contribution in [3.8, 4) is 0 Å². The van der Waals surface area contributed by atoms with Gasteiger partial charge in [-0.25, -0.2) is 0 Å². The summed E-state index contributed by atoms with van der Waals surface area (Å²) in [6.07, 6.45) is 1.10. The van der Waals surface area contributed by atoms with Gasteiger partial charge in [-0.05, 0) is 12.8 Å². The molecule has 1 atom stereocenters. The van der Waals surface area contributed by atoms with Gasteiger partial charge in [-0.15, -0.1) is 0 Å². The van der Waals surface area contributed by atoms with Crippen LogP contribution in [0.1, 0.15) is 12.8 Å². The van der Waals surface area contributed by atoms with Crippen molar-refractivity contribution in [2.24, 2.45) is 5.73 Å². The van der Waals surface area contributed by atoms with E-state index >= 15 is 0 Å². The Bertz CT molecular complexity index is 245. The first-order chi connectivity index (χ1) is 7.13. The van der Waals surface area contributed by atoms with Gasteiger partial charge in [-0.2, -0.15) is 0 Å². The lowest BCUT2D eigenvalue weighted by atomic mass is 10.1. The zero-order chi connectivity index (χ0) is 11.3. The van der Waals surface area contributed by atoms with Crippen molar-refractivity contribution < 1.29 is 14.7 Å². The zero-order valence-corrected chi connectivity index (χ0v) is 8.61. The molecule has 0 aromatic carbocycles. The molecule has 0 bridgehead atoms. The Balaban J connectivity index is 2.30. The van der Waals surface area contributed by atoms with E-state index in [0.717, 1.165) is 12.8 Å². The number of carbonyl (C=O) groups excluding carboxylic acids is 2. The number of hydrogen-bond donors (Lipinski definition) is 3. The lowest BCUT2D eigenvalue weighted by Crippen LogP contribution is -2.47. The number of amides is 2. The van der Waals surface area contributed by atoms with Crippen LogP contribution in [0.4, 0.5) is 0 Å². The van der Waals surface area contributed by atoms with Crippen molar-refractivity contribution >= 4 is 11.8 Å². The number of aliphatic hydroxyl groups is 1. The summed E-state index contributed by atoms with van der Waals surface area (Å²) >= 11 is 0. The van der Waals surface area contributed by atoms with Gasteiger partial charge in [0.2, 0.25) is 11.8 Å². The van der Waals surface area contributed by atoms with Crippen LogP contribution in [0.25, 0.3) is 0 Å². The summed E-state index contributed by atoms with van der Waals surface area (Å²) in [4.78, 5) is 23.9. The molecule has 0 saturated carbocycles. The summed E-state index contributed by atoms with van der Waals surface area (Å²) in [5.41, 5.74) is 5.08. The number of rotatable bonds is 3. The SMILES string of the molecule is NCC(=O)NCC(=O)N1CCCC(O)C1. The van der Waals surface area contributed by atoms with E-state index in [1.165, 1.54) is 0 Å². The molecule has 15 heavy (non-hydrogen) atoms. The normalized spacial score (nSPS) is 21.2. The molecule has 6 nitrogen and oxygen atoms in total. The molecular formula is C9H17N3O3. The summed E-state index contributed by atoms with van der Waals surface area (Å²) in [6.45, 7) is 0.852. The zero-order valence-electron chi connectivity index (χ0n) is 8.61. The van der Waals surface area contributed by atoms with Gasteiger partial charge in [-0.3, -0.25) is 9.59 Å². The monoisotopic (exact) mass is 215 g/mol. The predicted octanol–water partition coefficient (Wildman–Crippen LogP) is -1.96. The van der Waals surface area contributed by atoms with Crippen molar-refractivity contribution in [1.29, 1.82) is 0 Å². The van der Waals surface area contributed by atoms with Crippen molar-refractivity contribution in [2.45, 2.75) is 18.9 Å². The summed E-state index contributed by atoms with van der Waals surface area (Å²) in [6, 6.07) is 0. The van der Waals surface area contributed by atoms with E-state index in [0.29, 0.717) is 13.1 Å². The van der Waals surface area contributed by atoms with Gasteiger partial charge in [-0.1, -0.05) is 0 Å². The molecule has 1 rings (SSSR count). The summed E-state index contributed by atoms with van der Waals surface area (Å²) < 4.78 is 0. The smallest absolute Gasteiger partial charge is 0.242 e. The number of nitrogens with zero attached hydrogens (tertiary/aromatic N) is 1. The molecule has 0 aromatic rings. The second kappa shape index (κ2) is 5.67. The summed E-state index contributed by atoms with van der Waals surface area (Å²) in [7, 11) is 0. The second-order valence-corrected chi connectivity index (χ2v) is 3.62. The highest BCUT2D eigenvalue weighted by Gasteiger charge is 2.21. The van der Waals surface area contributed by atoms with E-state index in [1.54, 1.807) is 4.90 Å². The lowest BCUT2D eigenvalue weighted by molar-refractivity contribution is -0.135. The van der Waals surface area contributed by atoms with E-state index in [-0.39, 0.29) is 24.9 Å². The number of piperidine rings is 1. The first-order valence-electron chi connectivity index (χ1n) is 5.06. The molecule has 1 aliphatic rings. The molecule has 86 valence electrons. The largest absolute Gasteiger partial charge is 0.391 e. The first-order valence-corrected chi connectivity index (χ1v) is 5.06. The van der Waals surface area contributed by atoms with Crippen molar-refractivity contribution in [2.75, 3.05) is 26.2 Å². The highest BCUT2D eigenvalue weighted by molar-refractivity contribution is 5.85. The highest BCUT2D eigenvalue weighted by Crippen LogP contribution is 2.09. The van der Waals surface area contributed by atoms with Crippen molar-refractivity contribution in [3.05, 3.63) is 0 Å². The van der Waals surface area contributed by atoms with Gasteiger partial charge in [0.15, 0.2) is 0 Å². The molecule has 1 heterocycles. The standard InChI is InChI=1S/C9H17N3O3/c10-4-8(14)11-5-9(15)12-3-1-2-7(13)6-12/h7,13H,1-6,10H2,(H,11,14). The number of likely N-dealkylation sites (tertiary alicyclic amines) is 1. The third kappa shape index (κ3) is 3.85. The third-order valence-electron chi connectivity index (χ3n) is 2.37. The minimum atomic E-state index is -0.437. The summed E-state index contributed by atoms with van der Waals surface area (Å²) in [5, 5.41) is 11.8. The van der Waals surface area contributed by atoms with E-state index in [4.69, 9.17) is 5.73 Å². The molecule has 0 radical (unpaired) electrons. The molecule has 1 saturated heterocycles. The topological polar surface area (TPSA) is 95.7 Å². The third-order valence-corrected chi connectivity index (χ3v) is 2.37. The Hall–Kier alpha value is -1.14. The average molecular weight is 215 g/mol. The Morgan fingerprint density at radius 2 is 2.27 bits per heavy atom. The number of nitrogens with two attached hydrogens (primary N) is 1.